The van der Waals surface area contributed by atoms with Crippen LogP contribution in [0.3, 0.4) is 0 Å². The molecule has 0 spiro atoms. The molecule has 2 rings (SSSR count). The molecule has 0 radical (unpaired) electrons. The summed E-state index contributed by atoms with van der Waals surface area (Å²) in [5.41, 5.74) is -0.704. The maximum absolute atomic E-state index is 13.1. The van der Waals surface area contributed by atoms with Gasteiger partial charge in [0.25, 0.3) is 0 Å². The zero-order chi connectivity index (χ0) is 13.2. The third kappa shape index (κ3) is 2.43. The van der Waals surface area contributed by atoms with Gasteiger partial charge in [-0.15, -0.1) is 0 Å². The van der Waals surface area contributed by atoms with Crippen LogP contribution in [0.5, 0.6) is 5.75 Å². The van der Waals surface area contributed by atoms with E-state index in [0.717, 1.165) is 0 Å². The van der Waals surface area contributed by atoms with Gasteiger partial charge in [0.2, 0.25) is 0 Å². The SMILES string of the molecule is COCOc1ccc2ccccc2c1[B-](F)(F)F. The number of rotatable bonds is 4. The quantitative estimate of drug-likeness (QED) is 0.617. The van der Waals surface area contributed by atoms with Crippen LogP contribution in [0, 0.1) is 0 Å². The number of methoxy groups -OCH3 is 1. The van der Waals surface area contributed by atoms with E-state index in [-0.39, 0.29) is 17.9 Å². The molecule has 96 valence electrons. The van der Waals surface area contributed by atoms with Gasteiger partial charge in [0.15, 0.2) is 6.79 Å². The monoisotopic (exact) mass is 255 g/mol. The number of fused-ring (bicyclic) bond motifs is 1. The first kappa shape index (κ1) is 12.8. The van der Waals surface area contributed by atoms with Gasteiger partial charge in [-0.2, -0.15) is 0 Å². The van der Waals surface area contributed by atoms with Crippen LogP contribution in [0.4, 0.5) is 12.9 Å². The number of hydrogen-bond acceptors (Lipinski definition) is 2. The van der Waals surface area contributed by atoms with Crippen molar-refractivity contribution in [3.05, 3.63) is 36.4 Å². The van der Waals surface area contributed by atoms with Gasteiger partial charge in [0.1, 0.15) is 0 Å². The highest BCUT2D eigenvalue weighted by Crippen LogP contribution is 2.25. The fraction of sp³-hybridized carbons (Fsp3) is 0.167. The van der Waals surface area contributed by atoms with Crippen molar-refractivity contribution in [3.63, 3.8) is 0 Å². The molecular formula is C12H11BF3O2-. The second-order valence-electron chi connectivity index (χ2n) is 3.82. The molecule has 2 aromatic rings. The lowest BCUT2D eigenvalue weighted by Gasteiger charge is -2.22. The maximum atomic E-state index is 13.1. The first-order valence-corrected chi connectivity index (χ1v) is 5.37. The Bertz CT molecular complexity index is 555. The standard InChI is InChI=1S/C12H11BF3O2/c1-17-8-18-11-7-6-9-4-2-3-5-10(9)12(11)13(14,15)16/h2-7H,8H2,1H3/q-1. The average molecular weight is 255 g/mol. The van der Waals surface area contributed by atoms with E-state index in [4.69, 9.17) is 4.74 Å². The summed E-state index contributed by atoms with van der Waals surface area (Å²) in [6, 6.07) is 9.29. The number of ether oxygens (including phenoxy) is 2. The summed E-state index contributed by atoms with van der Waals surface area (Å²) < 4.78 is 49.1. The molecule has 0 amide bonds. The molecule has 0 unspecified atom stereocenters. The molecule has 0 aliphatic heterocycles. The first-order chi connectivity index (χ1) is 8.54. The minimum absolute atomic E-state index is 0.151. The lowest BCUT2D eigenvalue weighted by Crippen LogP contribution is -2.36. The summed E-state index contributed by atoms with van der Waals surface area (Å²) in [6.07, 6.45) is 0. The lowest BCUT2D eigenvalue weighted by atomic mass is 9.76. The number of benzene rings is 2. The maximum Gasteiger partial charge on any atom is 0.513 e. The van der Waals surface area contributed by atoms with Crippen LogP contribution in [0.2, 0.25) is 0 Å². The summed E-state index contributed by atoms with van der Waals surface area (Å²) in [5.74, 6) is -0.192. The summed E-state index contributed by atoms with van der Waals surface area (Å²) >= 11 is 0. The molecule has 0 N–H and O–H groups in total. The topological polar surface area (TPSA) is 18.5 Å². The van der Waals surface area contributed by atoms with E-state index in [2.05, 4.69) is 4.74 Å². The van der Waals surface area contributed by atoms with Crippen LogP contribution >= 0.6 is 0 Å². The lowest BCUT2D eigenvalue weighted by molar-refractivity contribution is 0.0517. The van der Waals surface area contributed by atoms with E-state index in [9.17, 15) is 12.9 Å². The molecule has 0 aliphatic rings. The number of hydrogen-bond donors (Lipinski definition) is 0. The Balaban J connectivity index is 2.63. The van der Waals surface area contributed by atoms with Crippen molar-refractivity contribution in [1.29, 1.82) is 0 Å². The van der Waals surface area contributed by atoms with E-state index >= 15 is 0 Å². The van der Waals surface area contributed by atoms with E-state index in [1.165, 1.54) is 19.2 Å². The summed E-state index contributed by atoms with van der Waals surface area (Å²) in [6.45, 7) is -5.36. The Morgan fingerprint density at radius 1 is 1.06 bits per heavy atom. The minimum atomic E-state index is -5.15. The van der Waals surface area contributed by atoms with E-state index in [1.54, 1.807) is 24.3 Å². The van der Waals surface area contributed by atoms with Crippen LogP contribution < -0.4 is 10.2 Å². The smallest absolute Gasteiger partial charge is 0.471 e. The van der Waals surface area contributed by atoms with Gasteiger partial charge in [0, 0.05) is 7.11 Å². The Kier molecular flexibility index (Phi) is 3.47. The van der Waals surface area contributed by atoms with Crippen LogP contribution in [0.25, 0.3) is 10.8 Å². The summed E-state index contributed by atoms with van der Waals surface area (Å²) in [7, 11) is 1.36. The first-order valence-electron chi connectivity index (χ1n) is 5.37. The molecule has 0 aliphatic carbocycles. The average Bonchev–Trinajstić information content (AvgIpc) is 2.34. The van der Waals surface area contributed by atoms with E-state index in [0.29, 0.717) is 5.39 Å². The van der Waals surface area contributed by atoms with Crippen LogP contribution in [-0.4, -0.2) is 20.9 Å². The molecule has 0 heterocycles. The normalized spacial score (nSPS) is 11.8. The second-order valence-corrected chi connectivity index (χ2v) is 3.82. The molecule has 2 aromatic carbocycles. The second kappa shape index (κ2) is 4.90. The van der Waals surface area contributed by atoms with Crippen molar-refractivity contribution < 1.29 is 22.4 Å². The van der Waals surface area contributed by atoms with Crippen molar-refractivity contribution >= 4 is 23.2 Å². The molecule has 18 heavy (non-hydrogen) atoms. The Labute approximate surface area is 102 Å². The molecule has 0 fully saturated rings. The highest BCUT2D eigenvalue weighted by Gasteiger charge is 2.31. The van der Waals surface area contributed by atoms with Crippen molar-refractivity contribution in [1.82, 2.24) is 0 Å². The van der Waals surface area contributed by atoms with Crippen molar-refractivity contribution in [3.8, 4) is 5.75 Å². The molecule has 0 saturated carbocycles. The Hall–Kier alpha value is -1.69. The Morgan fingerprint density at radius 2 is 1.78 bits per heavy atom. The predicted octanol–water partition coefficient (Wildman–Crippen LogP) is 2.88. The largest absolute Gasteiger partial charge is 0.513 e. The van der Waals surface area contributed by atoms with Gasteiger partial charge in [-0.3, -0.25) is 0 Å². The zero-order valence-electron chi connectivity index (χ0n) is 9.70. The molecule has 0 saturated heterocycles. The molecule has 0 atom stereocenters. The third-order valence-electron chi connectivity index (χ3n) is 2.59. The molecule has 0 aromatic heterocycles. The fourth-order valence-corrected chi connectivity index (χ4v) is 1.86. The van der Waals surface area contributed by atoms with Crippen molar-refractivity contribution in [2.45, 2.75) is 0 Å². The van der Waals surface area contributed by atoms with Crippen molar-refractivity contribution in [2.75, 3.05) is 13.9 Å². The predicted molar refractivity (Wildman–Crippen MR) is 65.2 cm³/mol. The summed E-state index contributed by atoms with van der Waals surface area (Å²) in [4.78, 5) is 0. The van der Waals surface area contributed by atoms with Crippen LogP contribution in [-0.2, 0) is 4.74 Å². The van der Waals surface area contributed by atoms with Gasteiger partial charge >= 0.3 is 6.98 Å². The van der Waals surface area contributed by atoms with E-state index < -0.39 is 12.4 Å². The van der Waals surface area contributed by atoms with E-state index in [1.807, 2.05) is 0 Å². The zero-order valence-corrected chi connectivity index (χ0v) is 9.70. The summed E-state index contributed by atoms with van der Waals surface area (Å²) in [5, 5.41) is 0.690. The highest BCUT2D eigenvalue weighted by molar-refractivity contribution is 6.76. The van der Waals surface area contributed by atoms with Gasteiger partial charge in [-0.05, 0) is 16.8 Å². The van der Waals surface area contributed by atoms with Gasteiger partial charge < -0.3 is 22.4 Å². The number of halogens is 3. The van der Waals surface area contributed by atoms with Gasteiger partial charge in [-0.1, -0.05) is 35.8 Å². The molecule has 6 heteroatoms. The van der Waals surface area contributed by atoms with Gasteiger partial charge in [0.05, 0.1) is 5.75 Å². The van der Waals surface area contributed by atoms with Gasteiger partial charge in [-0.25, -0.2) is 0 Å². The minimum Gasteiger partial charge on any atom is -0.471 e. The fourth-order valence-electron chi connectivity index (χ4n) is 1.86. The molecule has 0 bridgehead atoms. The molecular weight excluding hydrogens is 244 g/mol. The third-order valence-corrected chi connectivity index (χ3v) is 2.59. The Morgan fingerprint density at radius 3 is 2.44 bits per heavy atom. The highest BCUT2D eigenvalue weighted by atomic mass is 19.4. The van der Waals surface area contributed by atoms with Crippen molar-refractivity contribution in [2.24, 2.45) is 0 Å². The van der Waals surface area contributed by atoms with Crippen LogP contribution in [0.15, 0.2) is 36.4 Å². The van der Waals surface area contributed by atoms with Crippen LogP contribution in [0.1, 0.15) is 0 Å². The molecule has 2 nitrogen and oxygen atoms in total.